The number of nitrogens with zero attached hydrogens (tertiary/aromatic N) is 1. The van der Waals surface area contributed by atoms with Gasteiger partial charge in [-0.2, -0.15) is 0 Å². The average molecular weight is 235 g/mol. The largest absolute Gasteiger partial charge is 0.303 e. The Morgan fingerprint density at radius 2 is 1.94 bits per heavy atom. The molecule has 1 saturated heterocycles. The molecule has 1 aromatic carbocycles. The van der Waals surface area contributed by atoms with E-state index in [1.54, 1.807) is 0 Å². The van der Waals surface area contributed by atoms with Gasteiger partial charge in [-0.05, 0) is 31.5 Å². The summed E-state index contributed by atoms with van der Waals surface area (Å²) in [5, 5.41) is 0. The molecule has 2 rings (SSSR count). The van der Waals surface area contributed by atoms with E-state index >= 15 is 0 Å². The van der Waals surface area contributed by atoms with Crippen LogP contribution in [-0.4, -0.2) is 30.8 Å². The van der Waals surface area contributed by atoms with Gasteiger partial charge in [-0.25, -0.2) is 4.39 Å². The fraction of sp³-hybridized carbons (Fsp3) is 0.500. The number of carbonyl (C=O) groups excluding carboxylic acids is 1. The minimum absolute atomic E-state index is 0.182. The lowest BCUT2D eigenvalue weighted by molar-refractivity contribution is -0.112. The molecule has 1 heterocycles. The molecule has 2 nitrogen and oxygen atoms in total. The van der Waals surface area contributed by atoms with Gasteiger partial charge in [0.2, 0.25) is 0 Å². The van der Waals surface area contributed by atoms with Crippen LogP contribution in [0.15, 0.2) is 30.3 Å². The van der Waals surface area contributed by atoms with E-state index in [0.717, 1.165) is 37.8 Å². The van der Waals surface area contributed by atoms with Gasteiger partial charge in [-0.3, -0.25) is 0 Å². The smallest absolute Gasteiger partial charge is 0.138 e. The number of halogens is 1. The van der Waals surface area contributed by atoms with E-state index in [1.807, 2.05) is 30.3 Å². The van der Waals surface area contributed by atoms with Crippen LogP contribution in [0, 0.1) is 5.92 Å². The van der Waals surface area contributed by atoms with Gasteiger partial charge in [0.1, 0.15) is 12.5 Å². The first-order valence-electron chi connectivity index (χ1n) is 6.16. The number of rotatable bonds is 4. The Kier molecular flexibility index (Phi) is 4.26. The second-order valence-corrected chi connectivity index (χ2v) is 4.65. The Balaban J connectivity index is 1.84. The highest BCUT2D eigenvalue weighted by atomic mass is 19.1. The standard InChI is InChI=1S/C14H18FNO/c15-14(13-4-2-1-3-5-13)10-16-8-6-12(11-17)7-9-16/h1-5,11-12,14H,6-10H2. The zero-order valence-corrected chi connectivity index (χ0v) is 9.89. The van der Waals surface area contributed by atoms with Crippen molar-refractivity contribution in [2.75, 3.05) is 19.6 Å². The van der Waals surface area contributed by atoms with E-state index < -0.39 is 6.17 Å². The van der Waals surface area contributed by atoms with Crippen molar-refractivity contribution in [3.8, 4) is 0 Å². The summed E-state index contributed by atoms with van der Waals surface area (Å²) in [5.41, 5.74) is 0.741. The monoisotopic (exact) mass is 235 g/mol. The fourth-order valence-corrected chi connectivity index (χ4v) is 2.27. The van der Waals surface area contributed by atoms with Gasteiger partial charge in [0, 0.05) is 12.5 Å². The van der Waals surface area contributed by atoms with E-state index in [0.29, 0.717) is 6.54 Å². The van der Waals surface area contributed by atoms with Crippen molar-refractivity contribution in [3.63, 3.8) is 0 Å². The molecule has 1 aliphatic rings. The summed E-state index contributed by atoms with van der Waals surface area (Å²) in [6, 6.07) is 9.26. The molecule has 0 spiro atoms. The number of hydrogen-bond donors (Lipinski definition) is 0. The molecular weight excluding hydrogens is 217 g/mol. The van der Waals surface area contributed by atoms with E-state index in [9.17, 15) is 9.18 Å². The van der Waals surface area contributed by atoms with Crippen molar-refractivity contribution in [1.82, 2.24) is 4.90 Å². The third kappa shape index (κ3) is 3.37. The summed E-state index contributed by atoms with van der Waals surface area (Å²) in [6.45, 7) is 2.10. The molecule has 0 aromatic heterocycles. The third-order valence-corrected chi connectivity index (χ3v) is 3.40. The molecule has 0 aliphatic carbocycles. The summed E-state index contributed by atoms with van der Waals surface area (Å²) in [6.07, 6.45) is 1.83. The summed E-state index contributed by atoms with van der Waals surface area (Å²) in [5.74, 6) is 0.182. The van der Waals surface area contributed by atoms with E-state index in [2.05, 4.69) is 4.90 Å². The number of alkyl halides is 1. The minimum Gasteiger partial charge on any atom is -0.303 e. The van der Waals surface area contributed by atoms with Crippen LogP contribution < -0.4 is 0 Å². The van der Waals surface area contributed by atoms with Crippen molar-refractivity contribution in [1.29, 1.82) is 0 Å². The molecule has 17 heavy (non-hydrogen) atoms. The van der Waals surface area contributed by atoms with Gasteiger partial charge >= 0.3 is 0 Å². The molecule has 1 aromatic rings. The summed E-state index contributed by atoms with van der Waals surface area (Å²) >= 11 is 0. The van der Waals surface area contributed by atoms with Crippen molar-refractivity contribution in [2.45, 2.75) is 19.0 Å². The first-order valence-corrected chi connectivity index (χ1v) is 6.16. The predicted molar refractivity (Wildman–Crippen MR) is 65.5 cm³/mol. The molecule has 0 amide bonds. The molecule has 1 atom stereocenters. The number of likely N-dealkylation sites (tertiary alicyclic amines) is 1. The average Bonchev–Trinajstić information content (AvgIpc) is 2.40. The molecule has 3 heteroatoms. The molecule has 1 aliphatic heterocycles. The lowest BCUT2D eigenvalue weighted by Crippen LogP contribution is -2.36. The van der Waals surface area contributed by atoms with Gasteiger partial charge in [0.15, 0.2) is 0 Å². The Bertz CT molecular complexity index is 346. The molecule has 0 N–H and O–H groups in total. The molecule has 0 bridgehead atoms. The van der Waals surface area contributed by atoms with Crippen LogP contribution in [0.1, 0.15) is 24.6 Å². The van der Waals surface area contributed by atoms with Gasteiger partial charge < -0.3 is 9.69 Å². The highest BCUT2D eigenvalue weighted by Gasteiger charge is 2.21. The fourth-order valence-electron chi connectivity index (χ4n) is 2.27. The SMILES string of the molecule is O=CC1CCN(CC(F)c2ccccc2)CC1. The van der Waals surface area contributed by atoms with E-state index in [1.165, 1.54) is 0 Å². The summed E-state index contributed by atoms with van der Waals surface area (Å²) in [4.78, 5) is 12.7. The first kappa shape index (κ1) is 12.2. The van der Waals surface area contributed by atoms with Crippen LogP contribution in [0.3, 0.4) is 0 Å². The zero-order chi connectivity index (χ0) is 12.1. The van der Waals surface area contributed by atoms with Crippen LogP contribution in [0.5, 0.6) is 0 Å². The molecule has 0 radical (unpaired) electrons. The molecule has 1 unspecified atom stereocenters. The number of benzene rings is 1. The Labute approximate surface area is 101 Å². The highest BCUT2D eigenvalue weighted by Crippen LogP contribution is 2.21. The van der Waals surface area contributed by atoms with E-state index in [-0.39, 0.29) is 5.92 Å². The topological polar surface area (TPSA) is 20.3 Å². The van der Waals surface area contributed by atoms with Crippen LogP contribution in [0.4, 0.5) is 4.39 Å². The molecule has 92 valence electrons. The summed E-state index contributed by atoms with van der Waals surface area (Å²) < 4.78 is 14.0. The Morgan fingerprint density at radius 1 is 1.29 bits per heavy atom. The maximum Gasteiger partial charge on any atom is 0.138 e. The highest BCUT2D eigenvalue weighted by molar-refractivity contribution is 5.53. The molecular formula is C14H18FNO. The van der Waals surface area contributed by atoms with Crippen LogP contribution in [0.25, 0.3) is 0 Å². The van der Waals surface area contributed by atoms with Crippen LogP contribution >= 0.6 is 0 Å². The van der Waals surface area contributed by atoms with Gasteiger partial charge in [0.05, 0.1) is 0 Å². The second kappa shape index (κ2) is 5.92. The number of hydrogen-bond acceptors (Lipinski definition) is 2. The first-order chi connectivity index (χ1) is 8.29. The van der Waals surface area contributed by atoms with Crippen molar-refractivity contribution in [3.05, 3.63) is 35.9 Å². The van der Waals surface area contributed by atoms with Crippen molar-refractivity contribution < 1.29 is 9.18 Å². The maximum absolute atomic E-state index is 14.0. The van der Waals surface area contributed by atoms with Crippen molar-refractivity contribution in [2.24, 2.45) is 5.92 Å². The van der Waals surface area contributed by atoms with E-state index in [4.69, 9.17) is 0 Å². The van der Waals surface area contributed by atoms with Gasteiger partial charge in [-0.15, -0.1) is 0 Å². The third-order valence-electron chi connectivity index (χ3n) is 3.40. The Hall–Kier alpha value is -1.22. The molecule has 1 fully saturated rings. The van der Waals surface area contributed by atoms with Gasteiger partial charge in [0.25, 0.3) is 0 Å². The summed E-state index contributed by atoms with van der Waals surface area (Å²) in [7, 11) is 0. The maximum atomic E-state index is 14.0. The number of aldehydes is 1. The lowest BCUT2D eigenvalue weighted by atomic mass is 9.98. The number of carbonyl (C=O) groups is 1. The second-order valence-electron chi connectivity index (χ2n) is 4.65. The normalized spacial score (nSPS) is 20.1. The van der Waals surface area contributed by atoms with Gasteiger partial charge in [-0.1, -0.05) is 30.3 Å². The molecule has 0 saturated carbocycles. The number of piperidine rings is 1. The predicted octanol–water partition coefficient (Wildman–Crippen LogP) is 2.61. The van der Waals surface area contributed by atoms with Crippen molar-refractivity contribution >= 4 is 6.29 Å². The van der Waals surface area contributed by atoms with Crippen LogP contribution in [-0.2, 0) is 4.79 Å². The zero-order valence-electron chi connectivity index (χ0n) is 9.89. The lowest BCUT2D eigenvalue weighted by Gasteiger charge is -2.30. The Morgan fingerprint density at radius 3 is 2.53 bits per heavy atom. The minimum atomic E-state index is -0.927. The van der Waals surface area contributed by atoms with Crippen LogP contribution in [0.2, 0.25) is 0 Å². The quantitative estimate of drug-likeness (QED) is 0.748.